The van der Waals surface area contributed by atoms with Gasteiger partial charge in [0.2, 0.25) is 0 Å². The standard InChI is InChI=1S/C11H8N3O/c15-9-14(10-5-1-3-7-12-10)11-6-2-4-8-13-11/h1-8H. The molecule has 0 bridgehead atoms. The van der Waals surface area contributed by atoms with Gasteiger partial charge in [-0.05, 0) is 24.3 Å². The van der Waals surface area contributed by atoms with Crippen LogP contribution in [0.4, 0.5) is 11.6 Å². The van der Waals surface area contributed by atoms with Crippen LogP contribution in [-0.4, -0.2) is 16.4 Å². The van der Waals surface area contributed by atoms with Crippen molar-refractivity contribution in [1.82, 2.24) is 9.97 Å². The van der Waals surface area contributed by atoms with Crippen molar-refractivity contribution in [3.8, 4) is 0 Å². The Balaban J connectivity index is 2.38. The molecule has 2 aromatic heterocycles. The number of rotatable bonds is 3. The molecule has 0 aromatic carbocycles. The van der Waals surface area contributed by atoms with Gasteiger partial charge in [-0.2, -0.15) is 0 Å². The summed E-state index contributed by atoms with van der Waals surface area (Å²) in [5.41, 5.74) is 0. The molecule has 0 saturated carbocycles. The van der Waals surface area contributed by atoms with Gasteiger partial charge in [0.25, 0.3) is 0 Å². The maximum atomic E-state index is 10.8. The average molecular weight is 198 g/mol. The van der Waals surface area contributed by atoms with Crippen LogP contribution in [0, 0.1) is 0 Å². The third-order valence-corrected chi connectivity index (χ3v) is 1.85. The lowest BCUT2D eigenvalue weighted by molar-refractivity contribution is 0.555. The predicted octanol–water partition coefficient (Wildman–Crippen LogP) is 1.68. The van der Waals surface area contributed by atoms with E-state index < -0.39 is 0 Å². The summed E-state index contributed by atoms with van der Waals surface area (Å²) in [6.07, 6.45) is 5.02. The van der Waals surface area contributed by atoms with Crippen molar-refractivity contribution in [1.29, 1.82) is 0 Å². The minimum absolute atomic E-state index is 0.506. The van der Waals surface area contributed by atoms with E-state index in [0.29, 0.717) is 11.6 Å². The maximum Gasteiger partial charge on any atom is 0.324 e. The van der Waals surface area contributed by atoms with Crippen molar-refractivity contribution < 1.29 is 4.79 Å². The summed E-state index contributed by atoms with van der Waals surface area (Å²) in [7, 11) is 0. The SMILES string of the molecule is O=[C]N(c1ccccn1)c1ccccn1. The Kier molecular flexibility index (Phi) is 2.69. The lowest BCUT2D eigenvalue weighted by atomic mass is 10.4. The molecular weight excluding hydrogens is 190 g/mol. The van der Waals surface area contributed by atoms with Crippen molar-refractivity contribution >= 4 is 18.0 Å². The van der Waals surface area contributed by atoms with E-state index in [1.165, 1.54) is 4.90 Å². The number of hydrogen-bond acceptors (Lipinski definition) is 3. The predicted molar refractivity (Wildman–Crippen MR) is 56.3 cm³/mol. The molecule has 0 aliphatic carbocycles. The highest BCUT2D eigenvalue weighted by molar-refractivity contribution is 5.83. The summed E-state index contributed by atoms with van der Waals surface area (Å²) >= 11 is 0. The molecule has 15 heavy (non-hydrogen) atoms. The molecule has 4 heteroatoms. The molecule has 0 N–H and O–H groups in total. The van der Waals surface area contributed by atoms with E-state index in [1.807, 2.05) is 0 Å². The van der Waals surface area contributed by atoms with Gasteiger partial charge >= 0.3 is 6.41 Å². The van der Waals surface area contributed by atoms with Crippen LogP contribution in [0.2, 0.25) is 0 Å². The Bertz CT molecular complexity index is 391. The molecule has 73 valence electrons. The highest BCUT2D eigenvalue weighted by atomic mass is 16.1. The monoisotopic (exact) mass is 198 g/mol. The summed E-state index contributed by atoms with van der Waals surface area (Å²) in [6.45, 7) is 0. The summed E-state index contributed by atoms with van der Waals surface area (Å²) in [4.78, 5) is 20.2. The van der Waals surface area contributed by atoms with Crippen LogP contribution in [0.15, 0.2) is 48.8 Å². The van der Waals surface area contributed by atoms with E-state index in [4.69, 9.17) is 0 Å². The topological polar surface area (TPSA) is 46.1 Å². The Morgan fingerprint density at radius 3 is 1.80 bits per heavy atom. The van der Waals surface area contributed by atoms with Gasteiger partial charge in [0.15, 0.2) is 0 Å². The molecule has 0 spiro atoms. The Hall–Kier alpha value is -2.23. The van der Waals surface area contributed by atoms with Crippen LogP contribution in [0.5, 0.6) is 0 Å². The molecule has 1 radical (unpaired) electrons. The van der Waals surface area contributed by atoms with Crippen LogP contribution in [0.1, 0.15) is 0 Å². The van der Waals surface area contributed by atoms with Gasteiger partial charge in [-0.1, -0.05) is 12.1 Å². The number of amides is 1. The van der Waals surface area contributed by atoms with E-state index in [2.05, 4.69) is 9.97 Å². The fraction of sp³-hybridized carbons (Fsp3) is 0. The first-order valence-electron chi connectivity index (χ1n) is 4.42. The number of nitrogens with zero attached hydrogens (tertiary/aromatic N) is 3. The second kappa shape index (κ2) is 4.32. The summed E-state index contributed by atoms with van der Waals surface area (Å²) in [6, 6.07) is 10.6. The van der Waals surface area contributed by atoms with E-state index in [-0.39, 0.29) is 0 Å². The zero-order valence-corrected chi connectivity index (χ0v) is 7.87. The number of pyridine rings is 2. The molecule has 4 nitrogen and oxygen atoms in total. The van der Waals surface area contributed by atoms with Gasteiger partial charge in [-0.3, -0.25) is 4.79 Å². The van der Waals surface area contributed by atoms with Gasteiger partial charge in [0.05, 0.1) is 0 Å². The van der Waals surface area contributed by atoms with Crippen molar-refractivity contribution in [2.75, 3.05) is 4.90 Å². The lowest BCUT2D eigenvalue weighted by Gasteiger charge is -2.12. The molecule has 0 aliphatic rings. The molecule has 0 saturated heterocycles. The number of anilines is 2. The number of hydrogen-bond donors (Lipinski definition) is 0. The first-order chi connectivity index (χ1) is 7.42. The Labute approximate surface area is 87.2 Å². The van der Waals surface area contributed by atoms with E-state index in [1.54, 1.807) is 55.2 Å². The molecule has 0 fully saturated rings. The van der Waals surface area contributed by atoms with Gasteiger partial charge < -0.3 is 0 Å². The van der Waals surface area contributed by atoms with Gasteiger partial charge in [-0.15, -0.1) is 0 Å². The highest BCUT2D eigenvalue weighted by Gasteiger charge is 2.10. The largest absolute Gasteiger partial charge is 0.324 e. The number of aromatic nitrogens is 2. The Morgan fingerprint density at radius 1 is 0.933 bits per heavy atom. The van der Waals surface area contributed by atoms with Crippen molar-refractivity contribution in [2.45, 2.75) is 0 Å². The van der Waals surface area contributed by atoms with Crippen LogP contribution in [0.25, 0.3) is 0 Å². The Morgan fingerprint density at radius 2 is 1.47 bits per heavy atom. The summed E-state index contributed by atoms with van der Waals surface area (Å²) < 4.78 is 0. The molecule has 0 atom stereocenters. The highest BCUT2D eigenvalue weighted by Crippen LogP contribution is 2.17. The summed E-state index contributed by atoms with van der Waals surface area (Å²) in [5.74, 6) is 1.01. The molecule has 1 amide bonds. The second-order valence-electron chi connectivity index (χ2n) is 2.80. The van der Waals surface area contributed by atoms with Crippen LogP contribution >= 0.6 is 0 Å². The zero-order valence-electron chi connectivity index (χ0n) is 7.87. The van der Waals surface area contributed by atoms with Gasteiger partial charge in [0.1, 0.15) is 11.6 Å². The molecular formula is C11H8N3O. The van der Waals surface area contributed by atoms with Crippen molar-refractivity contribution in [2.24, 2.45) is 0 Å². The van der Waals surface area contributed by atoms with Crippen LogP contribution in [0.3, 0.4) is 0 Å². The maximum absolute atomic E-state index is 10.8. The van der Waals surface area contributed by atoms with Gasteiger partial charge in [0, 0.05) is 12.4 Å². The van der Waals surface area contributed by atoms with Crippen molar-refractivity contribution in [3.63, 3.8) is 0 Å². The quantitative estimate of drug-likeness (QED) is 0.705. The lowest BCUT2D eigenvalue weighted by Crippen LogP contribution is -2.16. The normalized spacial score (nSPS) is 9.60. The average Bonchev–Trinajstić information content (AvgIpc) is 2.33. The third kappa shape index (κ3) is 1.99. The molecule has 0 unspecified atom stereocenters. The molecule has 2 rings (SSSR count). The molecule has 2 heterocycles. The second-order valence-corrected chi connectivity index (χ2v) is 2.80. The minimum atomic E-state index is 0.506. The van der Waals surface area contributed by atoms with E-state index in [9.17, 15) is 4.79 Å². The van der Waals surface area contributed by atoms with Crippen LogP contribution < -0.4 is 4.90 Å². The van der Waals surface area contributed by atoms with E-state index >= 15 is 0 Å². The van der Waals surface area contributed by atoms with E-state index in [0.717, 1.165) is 0 Å². The fourth-order valence-electron chi connectivity index (χ4n) is 1.18. The minimum Gasteiger partial charge on any atom is -0.262 e. The van der Waals surface area contributed by atoms with Gasteiger partial charge in [-0.25, -0.2) is 14.9 Å². The van der Waals surface area contributed by atoms with Crippen LogP contribution in [-0.2, 0) is 4.79 Å². The zero-order chi connectivity index (χ0) is 10.5. The van der Waals surface area contributed by atoms with Crippen molar-refractivity contribution in [3.05, 3.63) is 48.8 Å². The molecule has 0 aliphatic heterocycles. The smallest absolute Gasteiger partial charge is 0.262 e. The first kappa shape index (κ1) is 9.33. The molecule has 2 aromatic rings. The summed E-state index contributed by atoms with van der Waals surface area (Å²) in [5, 5.41) is 0. The third-order valence-electron chi connectivity index (χ3n) is 1.85. The fourth-order valence-corrected chi connectivity index (χ4v) is 1.18. The number of carbonyl (C=O) groups excluding carboxylic acids is 1. The first-order valence-corrected chi connectivity index (χ1v) is 4.42.